The second-order valence-corrected chi connectivity index (χ2v) is 6.05. The summed E-state index contributed by atoms with van der Waals surface area (Å²) >= 11 is 1.87. The average molecular weight is 254 g/mol. The van der Waals surface area contributed by atoms with E-state index in [9.17, 15) is 0 Å². The summed E-state index contributed by atoms with van der Waals surface area (Å²) < 4.78 is 0. The molecule has 92 valence electrons. The third kappa shape index (κ3) is 2.78. The Morgan fingerprint density at radius 3 is 2.28 bits per heavy atom. The summed E-state index contributed by atoms with van der Waals surface area (Å²) in [6, 6.07) is 17.7. The Morgan fingerprint density at radius 1 is 0.667 bits per heavy atom. The molecule has 3 rings (SSSR count). The van der Waals surface area contributed by atoms with Gasteiger partial charge in [-0.2, -0.15) is 0 Å². The van der Waals surface area contributed by atoms with Gasteiger partial charge in [-0.25, -0.2) is 0 Å². The number of benzene rings is 2. The van der Waals surface area contributed by atoms with Crippen molar-refractivity contribution in [2.75, 3.05) is 0 Å². The van der Waals surface area contributed by atoms with Gasteiger partial charge < -0.3 is 0 Å². The van der Waals surface area contributed by atoms with Gasteiger partial charge in [0.25, 0.3) is 0 Å². The van der Waals surface area contributed by atoms with Gasteiger partial charge in [-0.05, 0) is 61.1 Å². The molecule has 0 atom stereocenters. The normalized spacial score (nSPS) is 14.9. The third-order valence-corrected chi connectivity index (χ3v) is 4.55. The minimum atomic E-state index is 1.26. The van der Waals surface area contributed by atoms with E-state index in [2.05, 4.69) is 48.5 Å². The van der Waals surface area contributed by atoms with Crippen LogP contribution in [0.3, 0.4) is 0 Å². The predicted octanol–water partition coefficient (Wildman–Crippen LogP) is 5.11. The topological polar surface area (TPSA) is 0 Å². The Labute approximate surface area is 113 Å². The Bertz CT molecular complexity index is 516. The molecule has 0 N–H and O–H groups in total. The van der Waals surface area contributed by atoms with E-state index >= 15 is 0 Å². The molecule has 0 nitrogen and oxygen atoms in total. The first kappa shape index (κ1) is 11.9. The molecule has 1 aliphatic carbocycles. The number of hydrogen-bond donors (Lipinski definition) is 0. The summed E-state index contributed by atoms with van der Waals surface area (Å²) in [5.41, 5.74) is 3.15. The summed E-state index contributed by atoms with van der Waals surface area (Å²) in [5, 5.41) is 0. The fourth-order valence-corrected chi connectivity index (χ4v) is 3.48. The predicted molar refractivity (Wildman–Crippen MR) is 78.3 cm³/mol. The van der Waals surface area contributed by atoms with Crippen LogP contribution < -0.4 is 0 Å². The monoisotopic (exact) mass is 254 g/mol. The maximum Gasteiger partial charge on any atom is 0.0125 e. The quantitative estimate of drug-likeness (QED) is 0.671. The highest BCUT2D eigenvalue weighted by Gasteiger charge is 2.08. The van der Waals surface area contributed by atoms with Crippen LogP contribution in [0.15, 0.2) is 58.3 Å². The molecule has 2 aromatic rings. The molecule has 1 heteroatoms. The van der Waals surface area contributed by atoms with Gasteiger partial charge in [0.1, 0.15) is 0 Å². The van der Waals surface area contributed by atoms with Crippen LogP contribution >= 0.6 is 11.8 Å². The first-order valence-corrected chi connectivity index (χ1v) is 7.58. The lowest BCUT2D eigenvalue weighted by Gasteiger charge is -2.08. The van der Waals surface area contributed by atoms with Crippen molar-refractivity contribution in [3.05, 3.63) is 59.7 Å². The molecule has 0 fully saturated rings. The second kappa shape index (κ2) is 5.62. The van der Waals surface area contributed by atoms with Gasteiger partial charge in [0, 0.05) is 9.79 Å². The van der Waals surface area contributed by atoms with E-state index < -0.39 is 0 Å². The molecule has 18 heavy (non-hydrogen) atoms. The molecule has 0 amide bonds. The number of aryl methyl sites for hydroxylation is 2. The van der Waals surface area contributed by atoms with E-state index in [0.29, 0.717) is 0 Å². The van der Waals surface area contributed by atoms with Gasteiger partial charge in [0.05, 0.1) is 0 Å². The van der Waals surface area contributed by atoms with Gasteiger partial charge in [0.2, 0.25) is 0 Å². The SMILES string of the molecule is c1ccc(Sc2ccc3c(c2)CCCCC3)cc1. The summed E-state index contributed by atoms with van der Waals surface area (Å²) in [6.07, 6.45) is 6.63. The van der Waals surface area contributed by atoms with Crippen LogP contribution in [0.5, 0.6) is 0 Å². The molecule has 0 unspecified atom stereocenters. The van der Waals surface area contributed by atoms with E-state index in [1.54, 1.807) is 11.1 Å². The van der Waals surface area contributed by atoms with Gasteiger partial charge >= 0.3 is 0 Å². The van der Waals surface area contributed by atoms with Crippen LogP contribution in [-0.4, -0.2) is 0 Å². The van der Waals surface area contributed by atoms with Crippen molar-refractivity contribution in [2.24, 2.45) is 0 Å². The Kier molecular flexibility index (Phi) is 3.70. The molecular formula is C17H18S. The summed E-state index contributed by atoms with van der Waals surface area (Å²) in [4.78, 5) is 2.70. The Hall–Kier alpha value is -1.21. The van der Waals surface area contributed by atoms with Crippen molar-refractivity contribution in [3.8, 4) is 0 Å². The summed E-state index contributed by atoms with van der Waals surface area (Å²) in [5.74, 6) is 0. The van der Waals surface area contributed by atoms with Gasteiger partial charge in [-0.3, -0.25) is 0 Å². The molecule has 0 bridgehead atoms. The second-order valence-electron chi connectivity index (χ2n) is 4.91. The highest BCUT2D eigenvalue weighted by Crippen LogP contribution is 2.30. The van der Waals surface area contributed by atoms with E-state index in [1.807, 2.05) is 11.8 Å². The fraction of sp³-hybridized carbons (Fsp3) is 0.294. The van der Waals surface area contributed by atoms with Crippen LogP contribution in [0.2, 0.25) is 0 Å². The van der Waals surface area contributed by atoms with Gasteiger partial charge in [-0.1, -0.05) is 42.4 Å². The molecule has 0 radical (unpaired) electrons. The molecule has 0 aliphatic heterocycles. The zero-order valence-electron chi connectivity index (χ0n) is 10.6. The Morgan fingerprint density at radius 2 is 1.44 bits per heavy atom. The molecule has 0 heterocycles. The Balaban J connectivity index is 1.83. The molecule has 0 saturated heterocycles. The van der Waals surface area contributed by atoms with Crippen LogP contribution in [0.1, 0.15) is 30.4 Å². The van der Waals surface area contributed by atoms with Gasteiger partial charge in [0.15, 0.2) is 0 Å². The fourth-order valence-electron chi connectivity index (χ4n) is 2.57. The average Bonchev–Trinajstić information content (AvgIpc) is 2.64. The van der Waals surface area contributed by atoms with Crippen LogP contribution in [0, 0.1) is 0 Å². The minimum Gasteiger partial charge on any atom is -0.0901 e. The standard InChI is InChI=1S/C17H18S/c1-3-7-14-11-12-17(13-15(14)8-4-1)18-16-9-5-2-6-10-16/h2,5-6,9-13H,1,3-4,7-8H2. The molecule has 1 aliphatic rings. The highest BCUT2D eigenvalue weighted by atomic mass is 32.2. The largest absolute Gasteiger partial charge is 0.0901 e. The lowest BCUT2D eigenvalue weighted by atomic mass is 10.0. The van der Waals surface area contributed by atoms with Crippen LogP contribution in [-0.2, 0) is 12.8 Å². The lowest BCUT2D eigenvalue weighted by molar-refractivity contribution is 0.711. The maximum atomic E-state index is 2.40. The lowest BCUT2D eigenvalue weighted by Crippen LogP contribution is -1.90. The van der Waals surface area contributed by atoms with E-state index in [1.165, 1.54) is 41.9 Å². The van der Waals surface area contributed by atoms with Crippen molar-refractivity contribution in [2.45, 2.75) is 41.9 Å². The van der Waals surface area contributed by atoms with E-state index in [4.69, 9.17) is 0 Å². The number of rotatable bonds is 2. The van der Waals surface area contributed by atoms with Crippen molar-refractivity contribution in [1.82, 2.24) is 0 Å². The van der Waals surface area contributed by atoms with E-state index in [-0.39, 0.29) is 0 Å². The van der Waals surface area contributed by atoms with Crippen LogP contribution in [0.25, 0.3) is 0 Å². The zero-order chi connectivity index (χ0) is 12.2. The van der Waals surface area contributed by atoms with Gasteiger partial charge in [-0.15, -0.1) is 0 Å². The van der Waals surface area contributed by atoms with Crippen molar-refractivity contribution in [3.63, 3.8) is 0 Å². The van der Waals surface area contributed by atoms with Crippen molar-refractivity contribution < 1.29 is 0 Å². The van der Waals surface area contributed by atoms with Crippen LogP contribution in [0.4, 0.5) is 0 Å². The first-order valence-electron chi connectivity index (χ1n) is 6.76. The van der Waals surface area contributed by atoms with Crippen molar-refractivity contribution >= 4 is 11.8 Å². The summed E-state index contributed by atoms with van der Waals surface area (Å²) in [7, 11) is 0. The summed E-state index contributed by atoms with van der Waals surface area (Å²) in [6.45, 7) is 0. The van der Waals surface area contributed by atoms with E-state index in [0.717, 1.165) is 0 Å². The minimum absolute atomic E-state index is 1.26. The number of fused-ring (bicyclic) bond motifs is 1. The zero-order valence-corrected chi connectivity index (χ0v) is 11.4. The number of hydrogen-bond acceptors (Lipinski definition) is 1. The molecular weight excluding hydrogens is 236 g/mol. The smallest absolute Gasteiger partial charge is 0.0125 e. The molecule has 0 saturated carbocycles. The third-order valence-electron chi connectivity index (χ3n) is 3.55. The molecule has 0 spiro atoms. The molecule has 2 aromatic carbocycles. The molecule has 0 aromatic heterocycles. The maximum absolute atomic E-state index is 2.40. The highest BCUT2D eigenvalue weighted by molar-refractivity contribution is 7.99. The first-order chi connectivity index (χ1) is 8.92. The van der Waals surface area contributed by atoms with Crippen molar-refractivity contribution in [1.29, 1.82) is 0 Å².